The van der Waals surface area contributed by atoms with Gasteiger partial charge in [0.2, 0.25) is 5.91 Å². The zero-order chi connectivity index (χ0) is 14.1. The van der Waals surface area contributed by atoms with Crippen LogP contribution >= 0.6 is 0 Å². The van der Waals surface area contributed by atoms with Gasteiger partial charge >= 0.3 is 5.97 Å². The van der Waals surface area contributed by atoms with E-state index in [-0.39, 0.29) is 23.6 Å². The van der Waals surface area contributed by atoms with Gasteiger partial charge in [-0.3, -0.25) is 4.79 Å². The molecule has 0 aliphatic carbocycles. The highest BCUT2D eigenvalue weighted by atomic mass is 16.4. The highest BCUT2D eigenvalue weighted by Gasteiger charge is 2.36. The quantitative estimate of drug-likeness (QED) is 0.763. The van der Waals surface area contributed by atoms with Crippen molar-refractivity contribution in [3.63, 3.8) is 0 Å². The molecule has 0 saturated carbocycles. The number of carboxylic acids is 1. The average Bonchev–Trinajstić information content (AvgIpc) is 2.87. The summed E-state index contributed by atoms with van der Waals surface area (Å²) in [6.07, 6.45) is 3.40. The molecule has 1 amide bonds. The summed E-state index contributed by atoms with van der Waals surface area (Å²) < 4.78 is 1.53. The first-order chi connectivity index (χ1) is 9.65. The summed E-state index contributed by atoms with van der Waals surface area (Å²) in [6, 6.07) is 0.0381. The van der Waals surface area contributed by atoms with Crippen LogP contribution in [-0.2, 0) is 4.79 Å². The summed E-state index contributed by atoms with van der Waals surface area (Å²) in [4.78, 5) is 24.8. The van der Waals surface area contributed by atoms with Crippen LogP contribution in [0.1, 0.15) is 29.4 Å². The van der Waals surface area contributed by atoms with Crippen molar-refractivity contribution in [2.75, 3.05) is 26.2 Å². The highest BCUT2D eigenvalue weighted by Crippen LogP contribution is 2.24. The maximum Gasteiger partial charge on any atom is 0.358 e. The Morgan fingerprint density at radius 3 is 2.80 bits per heavy atom. The fourth-order valence-electron chi connectivity index (χ4n) is 2.68. The van der Waals surface area contributed by atoms with Gasteiger partial charge in [0.15, 0.2) is 5.69 Å². The number of piperidine rings is 1. The lowest BCUT2D eigenvalue weighted by molar-refractivity contribution is -0.142. The van der Waals surface area contributed by atoms with Crippen LogP contribution in [0.3, 0.4) is 0 Å². The molecule has 0 aromatic carbocycles. The number of carbonyl (C=O) groups is 2. The predicted octanol–water partition coefficient (Wildman–Crippen LogP) is -0.641. The molecule has 2 aliphatic heterocycles. The summed E-state index contributed by atoms with van der Waals surface area (Å²) in [6.45, 7) is 2.91. The third-order valence-corrected chi connectivity index (χ3v) is 3.92. The van der Waals surface area contributed by atoms with Gasteiger partial charge < -0.3 is 15.3 Å². The number of likely N-dealkylation sites (tertiary alicyclic amines) is 1. The number of carbonyl (C=O) groups excluding carboxylic acids is 1. The normalized spacial score (nSPS) is 23.4. The molecule has 20 heavy (non-hydrogen) atoms. The fraction of sp³-hybridized carbons (Fsp3) is 0.667. The van der Waals surface area contributed by atoms with Crippen LogP contribution < -0.4 is 5.32 Å². The Morgan fingerprint density at radius 2 is 2.20 bits per heavy atom. The molecule has 3 rings (SSSR count). The molecule has 108 valence electrons. The van der Waals surface area contributed by atoms with E-state index in [4.69, 9.17) is 5.11 Å². The maximum atomic E-state index is 12.2. The zero-order valence-corrected chi connectivity index (χ0v) is 11.0. The van der Waals surface area contributed by atoms with Crippen LogP contribution in [0.15, 0.2) is 6.20 Å². The molecular weight excluding hydrogens is 262 g/mol. The topological polar surface area (TPSA) is 100 Å². The van der Waals surface area contributed by atoms with Gasteiger partial charge in [0.1, 0.15) is 0 Å². The van der Waals surface area contributed by atoms with Crippen LogP contribution in [0, 0.1) is 5.92 Å². The fourth-order valence-corrected chi connectivity index (χ4v) is 2.68. The summed E-state index contributed by atoms with van der Waals surface area (Å²) >= 11 is 0. The van der Waals surface area contributed by atoms with E-state index < -0.39 is 5.97 Å². The van der Waals surface area contributed by atoms with Crippen LogP contribution in [0.25, 0.3) is 0 Å². The van der Waals surface area contributed by atoms with Gasteiger partial charge in [-0.15, -0.1) is 5.10 Å². The van der Waals surface area contributed by atoms with E-state index in [9.17, 15) is 9.59 Å². The number of amides is 1. The molecule has 2 aliphatic rings. The largest absolute Gasteiger partial charge is 0.476 e. The number of hydrogen-bond donors (Lipinski definition) is 2. The predicted molar refractivity (Wildman–Crippen MR) is 68.2 cm³/mol. The molecule has 1 aromatic heterocycles. The molecule has 8 heteroatoms. The average molecular weight is 279 g/mol. The lowest BCUT2D eigenvalue weighted by atomic mass is 9.96. The number of rotatable bonds is 3. The number of aromatic carboxylic acids is 1. The van der Waals surface area contributed by atoms with E-state index in [0.717, 1.165) is 25.9 Å². The second kappa shape index (κ2) is 5.20. The van der Waals surface area contributed by atoms with Gasteiger partial charge in [-0.2, -0.15) is 0 Å². The minimum Gasteiger partial charge on any atom is -0.476 e. The Balaban J connectivity index is 1.55. The van der Waals surface area contributed by atoms with Crippen molar-refractivity contribution in [1.29, 1.82) is 0 Å². The van der Waals surface area contributed by atoms with Gasteiger partial charge in [0, 0.05) is 19.6 Å². The Bertz CT molecular complexity index is 517. The Morgan fingerprint density at radius 1 is 1.40 bits per heavy atom. The van der Waals surface area contributed by atoms with E-state index in [1.165, 1.54) is 10.9 Å². The highest BCUT2D eigenvalue weighted by molar-refractivity contribution is 5.84. The molecule has 0 radical (unpaired) electrons. The van der Waals surface area contributed by atoms with Crippen molar-refractivity contribution in [3.05, 3.63) is 11.9 Å². The van der Waals surface area contributed by atoms with Crippen LogP contribution in [0.5, 0.6) is 0 Å². The van der Waals surface area contributed by atoms with Gasteiger partial charge in [0.25, 0.3) is 0 Å². The van der Waals surface area contributed by atoms with E-state index >= 15 is 0 Å². The SMILES string of the molecule is O=C(O)c1cn(C2CN(C(=O)[C@@H]3CCCNC3)C2)nn1. The van der Waals surface area contributed by atoms with Gasteiger partial charge in [-0.05, 0) is 19.4 Å². The lowest BCUT2D eigenvalue weighted by Gasteiger charge is -2.41. The standard InChI is InChI=1S/C12H17N5O3/c18-11(8-2-1-3-13-4-8)16-5-9(6-16)17-7-10(12(19)20)14-15-17/h7-9,13H,1-6H2,(H,19,20)/t8-/m1/s1. The zero-order valence-electron chi connectivity index (χ0n) is 11.0. The molecule has 0 bridgehead atoms. The van der Waals surface area contributed by atoms with Gasteiger partial charge in [0.05, 0.1) is 18.2 Å². The van der Waals surface area contributed by atoms with E-state index in [1.54, 1.807) is 0 Å². The minimum absolute atomic E-state index is 0.0381. The molecule has 3 heterocycles. The molecule has 2 N–H and O–H groups in total. The van der Waals surface area contributed by atoms with Crippen molar-refractivity contribution < 1.29 is 14.7 Å². The van der Waals surface area contributed by atoms with E-state index in [1.807, 2.05) is 4.90 Å². The summed E-state index contributed by atoms with van der Waals surface area (Å²) in [5, 5.41) is 19.4. The molecule has 1 atom stereocenters. The summed E-state index contributed by atoms with van der Waals surface area (Å²) in [5.74, 6) is -0.821. The number of nitrogens with one attached hydrogen (secondary N) is 1. The smallest absolute Gasteiger partial charge is 0.358 e. The second-order valence-corrected chi connectivity index (χ2v) is 5.33. The number of aromatic nitrogens is 3. The summed E-state index contributed by atoms with van der Waals surface area (Å²) in [7, 11) is 0. The van der Waals surface area contributed by atoms with Crippen LogP contribution in [0.4, 0.5) is 0 Å². The van der Waals surface area contributed by atoms with Crippen LogP contribution in [0.2, 0.25) is 0 Å². The Kier molecular flexibility index (Phi) is 3.39. The van der Waals surface area contributed by atoms with E-state index in [2.05, 4.69) is 15.6 Å². The van der Waals surface area contributed by atoms with Crippen LogP contribution in [-0.4, -0.2) is 63.1 Å². The first-order valence-electron chi connectivity index (χ1n) is 6.80. The molecule has 0 unspecified atom stereocenters. The minimum atomic E-state index is -1.09. The third-order valence-electron chi connectivity index (χ3n) is 3.92. The third kappa shape index (κ3) is 2.38. The molecular formula is C12H17N5O3. The first kappa shape index (κ1) is 13.0. The van der Waals surface area contributed by atoms with Crippen molar-refractivity contribution in [2.45, 2.75) is 18.9 Å². The molecule has 1 aromatic rings. The maximum absolute atomic E-state index is 12.2. The second-order valence-electron chi connectivity index (χ2n) is 5.33. The molecule has 2 fully saturated rings. The van der Waals surface area contributed by atoms with Crippen molar-refractivity contribution in [2.24, 2.45) is 5.92 Å². The monoisotopic (exact) mass is 279 g/mol. The molecule has 2 saturated heterocycles. The van der Waals surface area contributed by atoms with Crippen molar-refractivity contribution in [3.8, 4) is 0 Å². The Hall–Kier alpha value is -1.96. The number of hydrogen-bond acceptors (Lipinski definition) is 5. The first-order valence-corrected chi connectivity index (χ1v) is 6.80. The lowest BCUT2D eigenvalue weighted by Crippen LogP contribution is -2.54. The Labute approximate surface area is 115 Å². The van der Waals surface area contributed by atoms with Gasteiger partial charge in [-0.25, -0.2) is 9.48 Å². The van der Waals surface area contributed by atoms with Crippen molar-refractivity contribution >= 4 is 11.9 Å². The van der Waals surface area contributed by atoms with Gasteiger partial charge in [-0.1, -0.05) is 5.21 Å². The van der Waals surface area contributed by atoms with E-state index in [0.29, 0.717) is 13.1 Å². The molecule has 0 spiro atoms. The summed E-state index contributed by atoms with van der Waals surface area (Å²) in [5.41, 5.74) is -0.0637. The number of carboxylic acid groups (broad SMARTS) is 1. The van der Waals surface area contributed by atoms with Crippen molar-refractivity contribution in [1.82, 2.24) is 25.2 Å². The molecule has 8 nitrogen and oxygen atoms in total. The number of nitrogens with zero attached hydrogens (tertiary/aromatic N) is 4.